The van der Waals surface area contributed by atoms with Crippen molar-refractivity contribution in [2.75, 3.05) is 4.90 Å². The molecule has 118 valence electrons. The Labute approximate surface area is 147 Å². The SMILES string of the molecule is C[C@@]12C[C@@H](NC(=S)N1c1ccccc1F)c1cc(Br)ccc1O2. The maximum Gasteiger partial charge on any atom is 0.188 e. The Hall–Kier alpha value is -1.66. The number of halogens is 2. The van der Waals surface area contributed by atoms with Crippen LogP contribution in [0.3, 0.4) is 0 Å². The van der Waals surface area contributed by atoms with E-state index in [4.69, 9.17) is 17.0 Å². The molecule has 0 radical (unpaired) electrons. The van der Waals surface area contributed by atoms with E-state index in [9.17, 15) is 4.39 Å². The molecule has 2 aromatic carbocycles. The van der Waals surface area contributed by atoms with Crippen LogP contribution in [0.15, 0.2) is 46.9 Å². The Balaban J connectivity index is 1.83. The average Bonchev–Trinajstić information content (AvgIpc) is 2.49. The smallest absolute Gasteiger partial charge is 0.188 e. The number of fused-ring (bicyclic) bond motifs is 4. The summed E-state index contributed by atoms with van der Waals surface area (Å²) < 4.78 is 21.5. The maximum atomic E-state index is 14.3. The van der Waals surface area contributed by atoms with Crippen molar-refractivity contribution in [3.05, 3.63) is 58.3 Å². The molecule has 0 amide bonds. The molecule has 0 aliphatic carbocycles. The average molecular weight is 393 g/mol. The van der Waals surface area contributed by atoms with E-state index in [0.29, 0.717) is 17.2 Å². The third-order valence-electron chi connectivity index (χ3n) is 4.33. The third-order valence-corrected chi connectivity index (χ3v) is 5.12. The Morgan fingerprint density at radius 1 is 1.35 bits per heavy atom. The Bertz CT molecular complexity index is 815. The summed E-state index contributed by atoms with van der Waals surface area (Å²) in [5, 5.41) is 3.79. The highest BCUT2D eigenvalue weighted by atomic mass is 79.9. The van der Waals surface area contributed by atoms with Crippen LogP contribution in [0.25, 0.3) is 0 Å². The van der Waals surface area contributed by atoms with Crippen LogP contribution >= 0.6 is 28.1 Å². The molecule has 0 unspecified atom stereocenters. The molecular formula is C17H14BrFN2OS. The van der Waals surface area contributed by atoms with Crippen LogP contribution in [0.5, 0.6) is 5.75 Å². The summed E-state index contributed by atoms with van der Waals surface area (Å²) >= 11 is 9.00. The van der Waals surface area contributed by atoms with E-state index in [1.807, 2.05) is 25.1 Å². The fraction of sp³-hybridized carbons (Fsp3) is 0.235. The molecule has 2 aliphatic heterocycles. The van der Waals surface area contributed by atoms with E-state index < -0.39 is 5.72 Å². The van der Waals surface area contributed by atoms with Gasteiger partial charge in [-0.1, -0.05) is 28.1 Å². The molecule has 1 fully saturated rings. The van der Waals surface area contributed by atoms with Gasteiger partial charge in [0, 0.05) is 16.5 Å². The molecule has 2 bridgehead atoms. The van der Waals surface area contributed by atoms with Crippen molar-refractivity contribution in [2.45, 2.75) is 25.1 Å². The molecule has 2 aliphatic rings. The second-order valence-corrected chi connectivity index (χ2v) is 7.25. The van der Waals surface area contributed by atoms with E-state index in [1.54, 1.807) is 23.1 Å². The number of benzene rings is 2. The first-order valence-electron chi connectivity index (χ1n) is 7.32. The molecule has 0 aromatic heterocycles. The lowest BCUT2D eigenvalue weighted by molar-refractivity contribution is 0.0492. The van der Waals surface area contributed by atoms with E-state index in [2.05, 4.69) is 21.2 Å². The predicted octanol–water partition coefficient (Wildman–Crippen LogP) is 4.52. The zero-order valence-electron chi connectivity index (χ0n) is 12.3. The highest BCUT2D eigenvalue weighted by molar-refractivity contribution is 9.10. The van der Waals surface area contributed by atoms with Crippen molar-refractivity contribution < 1.29 is 9.13 Å². The van der Waals surface area contributed by atoms with Gasteiger partial charge in [-0.05, 0) is 49.5 Å². The molecule has 1 saturated heterocycles. The first kappa shape index (κ1) is 14.9. The quantitative estimate of drug-likeness (QED) is 0.720. The van der Waals surface area contributed by atoms with Gasteiger partial charge in [0.2, 0.25) is 0 Å². The van der Waals surface area contributed by atoms with Gasteiger partial charge in [0.1, 0.15) is 11.6 Å². The summed E-state index contributed by atoms with van der Waals surface area (Å²) in [6, 6.07) is 12.6. The zero-order chi connectivity index (χ0) is 16.2. The standard InChI is InChI=1S/C17H14BrFN2OS/c1-17-9-13(11-8-10(18)6-7-15(11)22-17)20-16(23)21(17)14-5-3-2-4-12(14)19/h2-8,13H,9H2,1H3,(H,20,23)/t13-,17-/m1/s1. The summed E-state index contributed by atoms with van der Waals surface area (Å²) in [4.78, 5) is 1.74. The van der Waals surface area contributed by atoms with Gasteiger partial charge < -0.3 is 10.1 Å². The van der Waals surface area contributed by atoms with Gasteiger partial charge in [0.15, 0.2) is 10.8 Å². The van der Waals surface area contributed by atoms with Crippen LogP contribution in [-0.2, 0) is 0 Å². The van der Waals surface area contributed by atoms with Crippen molar-refractivity contribution in [3.63, 3.8) is 0 Å². The lowest BCUT2D eigenvalue weighted by Gasteiger charge is -2.52. The van der Waals surface area contributed by atoms with E-state index in [0.717, 1.165) is 15.8 Å². The fourth-order valence-corrected chi connectivity index (χ4v) is 4.16. The molecule has 0 spiro atoms. The van der Waals surface area contributed by atoms with Crippen LogP contribution in [-0.4, -0.2) is 10.8 Å². The minimum absolute atomic E-state index is 0.0526. The van der Waals surface area contributed by atoms with Crippen LogP contribution in [0, 0.1) is 5.82 Å². The summed E-state index contributed by atoms with van der Waals surface area (Å²) in [6.45, 7) is 1.95. The number of nitrogens with zero attached hydrogens (tertiary/aromatic N) is 1. The number of hydrogen-bond acceptors (Lipinski definition) is 2. The second-order valence-electron chi connectivity index (χ2n) is 5.95. The monoisotopic (exact) mass is 392 g/mol. The number of para-hydroxylation sites is 1. The molecular weight excluding hydrogens is 379 g/mol. The molecule has 2 atom stereocenters. The largest absolute Gasteiger partial charge is 0.467 e. The topological polar surface area (TPSA) is 24.5 Å². The van der Waals surface area contributed by atoms with Gasteiger partial charge in [-0.15, -0.1) is 0 Å². The van der Waals surface area contributed by atoms with Crippen LogP contribution in [0.4, 0.5) is 10.1 Å². The summed E-state index contributed by atoms with van der Waals surface area (Å²) in [7, 11) is 0. The third kappa shape index (κ3) is 2.32. The number of hydrogen-bond donors (Lipinski definition) is 1. The van der Waals surface area contributed by atoms with Crippen LogP contribution in [0.2, 0.25) is 0 Å². The van der Waals surface area contributed by atoms with Gasteiger partial charge in [0.05, 0.1) is 11.7 Å². The highest BCUT2D eigenvalue weighted by Crippen LogP contribution is 2.46. The normalized spacial score (nSPS) is 25.4. The summed E-state index contributed by atoms with van der Waals surface area (Å²) in [6.07, 6.45) is 0.672. The van der Waals surface area contributed by atoms with Crippen molar-refractivity contribution in [1.82, 2.24) is 5.32 Å². The molecule has 2 aromatic rings. The fourth-order valence-electron chi connectivity index (χ4n) is 3.34. The lowest BCUT2D eigenvalue weighted by atomic mass is 9.90. The molecule has 2 heterocycles. The van der Waals surface area contributed by atoms with Crippen molar-refractivity contribution in [3.8, 4) is 5.75 Å². The van der Waals surface area contributed by atoms with Gasteiger partial charge in [-0.2, -0.15) is 0 Å². The first-order valence-corrected chi connectivity index (χ1v) is 8.52. The minimum Gasteiger partial charge on any atom is -0.467 e. The molecule has 3 nitrogen and oxygen atoms in total. The molecule has 6 heteroatoms. The van der Waals surface area contributed by atoms with Crippen molar-refractivity contribution >= 4 is 38.9 Å². The van der Waals surface area contributed by atoms with Gasteiger partial charge >= 0.3 is 0 Å². The van der Waals surface area contributed by atoms with E-state index in [1.165, 1.54) is 6.07 Å². The van der Waals surface area contributed by atoms with Gasteiger partial charge in [-0.3, -0.25) is 4.90 Å². The number of rotatable bonds is 1. The lowest BCUT2D eigenvalue weighted by Crippen LogP contribution is -2.65. The van der Waals surface area contributed by atoms with E-state index >= 15 is 0 Å². The van der Waals surface area contributed by atoms with Crippen molar-refractivity contribution in [2.24, 2.45) is 0 Å². The summed E-state index contributed by atoms with van der Waals surface area (Å²) in [5.41, 5.74) is 0.759. The Kier molecular flexibility index (Phi) is 3.35. The van der Waals surface area contributed by atoms with Gasteiger partial charge in [0.25, 0.3) is 0 Å². The number of nitrogens with one attached hydrogen (secondary N) is 1. The molecule has 1 N–H and O–H groups in total. The molecule has 4 rings (SSSR count). The number of thiocarbonyl (C=S) groups is 1. The van der Waals surface area contributed by atoms with Crippen LogP contribution in [0.1, 0.15) is 24.9 Å². The summed E-state index contributed by atoms with van der Waals surface area (Å²) in [5.74, 6) is 0.477. The Morgan fingerprint density at radius 3 is 2.91 bits per heavy atom. The molecule has 0 saturated carbocycles. The maximum absolute atomic E-state index is 14.3. The van der Waals surface area contributed by atoms with Crippen LogP contribution < -0.4 is 15.0 Å². The highest BCUT2D eigenvalue weighted by Gasteiger charge is 2.48. The zero-order valence-corrected chi connectivity index (χ0v) is 14.7. The molecule has 23 heavy (non-hydrogen) atoms. The minimum atomic E-state index is -0.726. The van der Waals surface area contributed by atoms with E-state index in [-0.39, 0.29) is 11.9 Å². The second kappa shape index (κ2) is 5.18. The Morgan fingerprint density at radius 2 is 2.13 bits per heavy atom. The van der Waals surface area contributed by atoms with Gasteiger partial charge in [-0.25, -0.2) is 4.39 Å². The predicted molar refractivity (Wildman–Crippen MR) is 95.1 cm³/mol. The number of ether oxygens (including phenoxy) is 1. The first-order chi connectivity index (χ1) is 11.0. The van der Waals surface area contributed by atoms with Crippen molar-refractivity contribution in [1.29, 1.82) is 0 Å². The number of anilines is 1.